The molecule has 0 aliphatic heterocycles. The number of hydrogen-bond donors (Lipinski definition) is 2. The van der Waals surface area contributed by atoms with Crippen LogP contribution in [0, 0.1) is 0 Å². The molecule has 12 heavy (non-hydrogen) atoms. The fourth-order valence-corrected chi connectivity index (χ4v) is 0.741. The maximum absolute atomic E-state index is 10.5. The molecular formula is C6H8N4O2. The quantitative estimate of drug-likeness (QED) is 0.571. The van der Waals surface area contributed by atoms with Crippen molar-refractivity contribution in [1.29, 1.82) is 0 Å². The van der Waals surface area contributed by atoms with E-state index >= 15 is 0 Å². The van der Waals surface area contributed by atoms with Crippen LogP contribution in [0.5, 0.6) is 0 Å². The second-order valence-corrected chi connectivity index (χ2v) is 2.23. The largest absolute Gasteiger partial charge is 0.368 e. The molecule has 0 radical (unpaired) electrons. The normalized spacial score (nSPS) is 9.67. The van der Waals surface area contributed by atoms with Gasteiger partial charge in [-0.25, -0.2) is 0 Å². The Labute approximate surface area is 68.1 Å². The van der Waals surface area contributed by atoms with Crippen LogP contribution >= 0.6 is 0 Å². The summed E-state index contributed by atoms with van der Waals surface area (Å²) < 4.78 is 1.25. The second-order valence-electron chi connectivity index (χ2n) is 2.23. The number of nitrogens with two attached hydrogens (primary N) is 2. The molecule has 0 aromatic carbocycles. The lowest BCUT2D eigenvalue weighted by atomic mass is 10.4. The van der Waals surface area contributed by atoms with Crippen LogP contribution in [0.3, 0.4) is 0 Å². The smallest absolute Gasteiger partial charge is 0.269 e. The number of aromatic nitrogens is 2. The summed E-state index contributed by atoms with van der Waals surface area (Å²) in [5.41, 5.74) is 9.94. The first-order valence-electron chi connectivity index (χ1n) is 3.21. The van der Waals surface area contributed by atoms with Gasteiger partial charge >= 0.3 is 0 Å². The van der Waals surface area contributed by atoms with Gasteiger partial charge in [-0.15, -0.1) is 0 Å². The molecule has 0 spiro atoms. The molecule has 0 bridgehead atoms. The van der Waals surface area contributed by atoms with Crippen molar-refractivity contribution in [3.8, 4) is 0 Å². The molecular weight excluding hydrogens is 160 g/mol. The van der Waals surface area contributed by atoms with Gasteiger partial charge in [0.1, 0.15) is 12.2 Å². The zero-order valence-corrected chi connectivity index (χ0v) is 6.23. The van der Waals surface area contributed by atoms with E-state index in [9.17, 15) is 9.59 Å². The van der Waals surface area contributed by atoms with Gasteiger partial charge in [-0.1, -0.05) is 0 Å². The van der Waals surface area contributed by atoms with Gasteiger partial charge in [-0.05, 0) is 6.07 Å². The first-order chi connectivity index (χ1) is 5.59. The first-order valence-corrected chi connectivity index (χ1v) is 3.21. The van der Waals surface area contributed by atoms with E-state index < -0.39 is 11.8 Å². The van der Waals surface area contributed by atoms with Crippen LogP contribution in [0.2, 0.25) is 0 Å². The summed E-state index contributed by atoms with van der Waals surface area (Å²) in [6, 6.07) is 1.42. The second kappa shape index (κ2) is 3.04. The maximum atomic E-state index is 10.5. The molecule has 2 amide bonds. The molecule has 0 saturated carbocycles. The predicted octanol–water partition coefficient (Wildman–Crippen LogP) is -1.53. The molecule has 6 nitrogen and oxygen atoms in total. The van der Waals surface area contributed by atoms with E-state index in [1.807, 2.05) is 0 Å². The Morgan fingerprint density at radius 1 is 1.50 bits per heavy atom. The van der Waals surface area contributed by atoms with Crippen molar-refractivity contribution in [2.24, 2.45) is 11.5 Å². The lowest BCUT2D eigenvalue weighted by Gasteiger charge is -1.93. The van der Waals surface area contributed by atoms with Gasteiger partial charge in [-0.3, -0.25) is 14.3 Å². The fraction of sp³-hybridized carbons (Fsp3) is 0.167. The topological polar surface area (TPSA) is 104 Å². The van der Waals surface area contributed by atoms with Crippen LogP contribution in [0.1, 0.15) is 10.5 Å². The van der Waals surface area contributed by atoms with Crippen molar-refractivity contribution >= 4 is 11.8 Å². The minimum absolute atomic E-state index is 0.0483. The lowest BCUT2D eigenvalue weighted by Crippen LogP contribution is -2.20. The van der Waals surface area contributed by atoms with Crippen molar-refractivity contribution < 1.29 is 9.59 Å². The van der Waals surface area contributed by atoms with E-state index in [1.54, 1.807) is 0 Å². The molecule has 0 fully saturated rings. The van der Waals surface area contributed by atoms with Crippen LogP contribution < -0.4 is 11.5 Å². The average molecular weight is 168 g/mol. The highest BCUT2D eigenvalue weighted by Crippen LogP contribution is 1.93. The highest BCUT2D eigenvalue weighted by atomic mass is 16.1. The van der Waals surface area contributed by atoms with E-state index in [0.717, 1.165) is 0 Å². The van der Waals surface area contributed by atoms with E-state index in [1.165, 1.54) is 16.9 Å². The third-order valence-corrected chi connectivity index (χ3v) is 1.21. The van der Waals surface area contributed by atoms with E-state index in [2.05, 4.69) is 5.10 Å². The molecule has 0 aliphatic rings. The minimum Gasteiger partial charge on any atom is -0.368 e. The first kappa shape index (κ1) is 8.25. The van der Waals surface area contributed by atoms with Gasteiger partial charge in [0.05, 0.1) is 0 Å². The summed E-state index contributed by atoms with van der Waals surface area (Å²) in [7, 11) is 0. The van der Waals surface area contributed by atoms with Crippen LogP contribution in [0.4, 0.5) is 0 Å². The molecule has 6 heteroatoms. The number of primary amides is 2. The molecule has 0 unspecified atom stereocenters. The summed E-state index contributed by atoms with van der Waals surface area (Å²) in [6.45, 7) is -0.0483. The van der Waals surface area contributed by atoms with Crippen molar-refractivity contribution in [3.63, 3.8) is 0 Å². The molecule has 0 atom stereocenters. The van der Waals surface area contributed by atoms with Crippen LogP contribution in [0.25, 0.3) is 0 Å². The average Bonchev–Trinajstić information content (AvgIpc) is 2.34. The van der Waals surface area contributed by atoms with Crippen molar-refractivity contribution in [3.05, 3.63) is 18.0 Å². The van der Waals surface area contributed by atoms with Gasteiger partial charge in [0.25, 0.3) is 5.91 Å². The zero-order chi connectivity index (χ0) is 9.14. The van der Waals surface area contributed by atoms with Gasteiger partial charge in [0.2, 0.25) is 5.91 Å². The van der Waals surface area contributed by atoms with E-state index in [4.69, 9.17) is 11.5 Å². The summed E-state index contributed by atoms with van der Waals surface area (Å²) >= 11 is 0. The molecule has 4 N–H and O–H groups in total. The van der Waals surface area contributed by atoms with Gasteiger partial charge in [0.15, 0.2) is 0 Å². The van der Waals surface area contributed by atoms with Gasteiger partial charge < -0.3 is 11.5 Å². The number of hydrogen-bond acceptors (Lipinski definition) is 3. The standard InChI is InChI=1S/C6H8N4O2/c7-5(11)3-10-2-1-4(9-10)6(8)12/h1-2H,3H2,(H2,7,11)(H2,8,12). The number of carbonyl (C=O) groups excluding carboxylic acids is 2. The van der Waals surface area contributed by atoms with E-state index in [-0.39, 0.29) is 12.2 Å². The van der Waals surface area contributed by atoms with Crippen LogP contribution in [-0.4, -0.2) is 21.6 Å². The lowest BCUT2D eigenvalue weighted by molar-refractivity contribution is -0.118. The molecule has 0 saturated heterocycles. The Morgan fingerprint density at radius 2 is 2.17 bits per heavy atom. The Hall–Kier alpha value is -1.85. The number of rotatable bonds is 3. The molecule has 64 valence electrons. The number of nitrogens with zero attached hydrogens (tertiary/aromatic N) is 2. The fourth-order valence-electron chi connectivity index (χ4n) is 0.741. The van der Waals surface area contributed by atoms with Crippen LogP contribution in [-0.2, 0) is 11.3 Å². The minimum atomic E-state index is -0.627. The van der Waals surface area contributed by atoms with Crippen molar-refractivity contribution in [1.82, 2.24) is 9.78 Å². The summed E-state index contributed by atoms with van der Waals surface area (Å²) in [5, 5.41) is 3.69. The number of carbonyl (C=O) groups is 2. The Bertz CT molecular complexity index is 317. The van der Waals surface area contributed by atoms with Gasteiger partial charge in [0, 0.05) is 6.20 Å². The highest BCUT2D eigenvalue weighted by Gasteiger charge is 2.05. The van der Waals surface area contributed by atoms with E-state index in [0.29, 0.717) is 0 Å². The third kappa shape index (κ3) is 1.82. The summed E-state index contributed by atoms with van der Waals surface area (Å²) in [5.74, 6) is -1.15. The SMILES string of the molecule is NC(=O)Cn1ccc(C(N)=O)n1. The van der Waals surface area contributed by atoms with Crippen molar-refractivity contribution in [2.45, 2.75) is 6.54 Å². The van der Waals surface area contributed by atoms with Gasteiger partial charge in [-0.2, -0.15) is 5.10 Å². The predicted molar refractivity (Wildman–Crippen MR) is 39.9 cm³/mol. The summed E-state index contributed by atoms with van der Waals surface area (Å²) in [4.78, 5) is 20.9. The molecule has 1 aromatic rings. The molecule has 1 heterocycles. The summed E-state index contributed by atoms with van der Waals surface area (Å²) in [6.07, 6.45) is 1.46. The van der Waals surface area contributed by atoms with Crippen LogP contribution in [0.15, 0.2) is 12.3 Å². The highest BCUT2D eigenvalue weighted by molar-refractivity contribution is 5.90. The Morgan fingerprint density at radius 3 is 2.58 bits per heavy atom. The van der Waals surface area contributed by atoms with Crippen molar-refractivity contribution in [2.75, 3.05) is 0 Å². The maximum Gasteiger partial charge on any atom is 0.269 e. The Kier molecular flexibility index (Phi) is 2.09. The molecule has 1 aromatic heterocycles. The third-order valence-electron chi connectivity index (χ3n) is 1.21. The number of amides is 2. The monoisotopic (exact) mass is 168 g/mol. The Balaban J connectivity index is 2.77. The molecule has 1 rings (SSSR count). The zero-order valence-electron chi connectivity index (χ0n) is 6.23. The molecule has 0 aliphatic carbocycles.